The minimum Gasteiger partial charge on any atom is -0.376 e. The van der Waals surface area contributed by atoms with Crippen LogP contribution in [0.3, 0.4) is 0 Å². The number of nitrogens with zero attached hydrogens (tertiary/aromatic N) is 3. The van der Waals surface area contributed by atoms with Gasteiger partial charge < -0.3 is 13.8 Å². The summed E-state index contributed by atoms with van der Waals surface area (Å²) in [6.07, 6.45) is 4.48. The number of hydrogen-bond acceptors (Lipinski definition) is 5. The second kappa shape index (κ2) is 7.45. The van der Waals surface area contributed by atoms with Gasteiger partial charge in [-0.15, -0.1) is 0 Å². The van der Waals surface area contributed by atoms with Crippen LogP contribution in [0.5, 0.6) is 0 Å². The van der Waals surface area contributed by atoms with Gasteiger partial charge in [0.15, 0.2) is 5.16 Å². The Bertz CT molecular complexity index is 822. The van der Waals surface area contributed by atoms with Crippen molar-refractivity contribution in [3.8, 4) is 11.3 Å². The zero-order chi connectivity index (χ0) is 17.1. The third kappa shape index (κ3) is 3.80. The van der Waals surface area contributed by atoms with Crippen LogP contribution in [0.15, 0.2) is 52.3 Å². The van der Waals surface area contributed by atoms with E-state index in [1.807, 2.05) is 25.3 Å². The molecule has 1 aliphatic rings. The van der Waals surface area contributed by atoms with Crippen molar-refractivity contribution in [3.63, 3.8) is 0 Å². The van der Waals surface area contributed by atoms with Gasteiger partial charge in [0, 0.05) is 18.4 Å². The number of aryl methyl sites for hydroxylation is 1. The number of benzene rings is 1. The summed E-state index contributed by atoms with van der Waals surface area (Å²) in [7, 11) is 0. The number of rotatable bonds is 6. The molecule has 1 aliphatic heterocycles. The Kier molecular flexibility index (Phi) is 4.90. The third-order valence-electron chi connectivity index (χ3n) is 4.32. The van der Waals surface area contributed by atoms with Crippen molar-refractivity contribution in [1.82, 2.24) is 14.7 Å². The molecule has 1 unspecified atom stereocenters. The van der Waals surface area contributed by atoms with E-state index in [0.29, 0.717) is 0 Å². The SMILES string of the molecule is Cc1cc(CSc2ncc(-c3ccccc3)n2CC2CCCO2)no1. The minimum atomic E-state index is 0.269. The maximum absolute atomic E-state index is 5.85. The zero-order valence-corrected chi connectivity index (χ0v) is 15.0. The van der Waals surface area contributed by atoms with Crippen LogP contribution in [0.2, 0.25) is 0 Å². The van der Waals surface area contributed by atoms with Crippen LogP contribution in [0.25, 0.3) is 11.3 Å². The zero-order valence-electron chi connectivity index (χ0n) is 14.2. The first-order valence-corrected chi connectivity index (χ1v) is 9.56. The fraction of sp³-hybridized carbons (Fsp3) is 0.368. The van der Waals surface area contributed by atoms with Crippen molar-refractivity contribution in [3.05, 3.63) is 54.0 Å². The molecule has 0 amide bonds. The first-order valence-electron chi connectivity index (χ1n) is 8.57. The summed E-state index contributed by atoms with van der Waals surface area (Å²) < 4.78 is 13.3. The van der Waals surface area contributed by atoms with Crippen LogP contribution in [0.1, 0.15) is 24.3 Å². The Morgan fingerprint density at radius 2 is 2.16 bits per heavy atom. The molecular weight excluding hydrogens is 334 g/mol. The van der Waals surface area contributed by atoms with Gasteiger partial charge in [0.05, 0.1) is 30.2 Å². The lowest BCUT2D eigenvalue weighted by Crippen LogP contribution is -2.16. The fourth-order valence-electron chi connectivity index (χ4n) is 3.11. The number of aromatic nitrogens is 3. The van der Waals surface area contributed by atoms with E-state index in [-0.39, 0.29) is 6.10 Å². The van der Waals surface area contributed by atoms with Gasteiger partial charge in [0.25, 0.3) is 0 Å². The Hall–Kier alpha value is -2.05. The second-order valence-electron chi connectivity index (χ2n) is 6.26. The molecule has 3 aromatic rings. The Morgan fingerprint density at radius 1 is 1.28 bits per heavy atom. The van der Waals surface area contributed by atoms with Crippen LogP contribution >= 0.6 is 11.8 Å². The highest BCUT2D eigenvalue weighted by molar-refractivity contribution is 7.98. The van der Waals surface area contributed by atoms with Gasteiger partial charge in [-0.05, 0) is 25.3 Å². The molecule has 130 valence electrons. The molecule has 0 saturated carbocycles. The predicted molar refractivity (Wildman–Crippen MR) is 97.4 cm³/mol. The number of hydrogen-bond donors (Lipinski definition) is 0. The van der Waals surface area contributed by atoms with Gasteiger partial charge in [-0.3, -0.25) is 0 Å². The van der Waals surface area contributed by atoms with Crippen LogP contribution in [-0.2, 0) is 17.0 Å². The average Bonchev–Trinajstić information content (AvgIpc) is 3.36. The molecule has 25 heavy (non-hydrogen) atoms. The lowest BCUT2D eigenvalue weighted by atomic mass is 10.1. The monoisotopic (exact) mass is 355 g/mol. The standard InChI is InChI=1S/C19H21N3O2S/c1-14-10-16(21-24-14)13-25-19-20-11-18(15-6-3-2-4-7-15)22(19)12-17-8-5-9-23-17/h2-4,6-7,10-11,17H,5,8-9,12-13H2,1H3. The lowest BCUT2D eigenvalue weighted by Gasteiger charge is -2.16. The highest BCUT2D eigenvalue weighted by Gasteiger charge is 2.20. The van der Waals surface area contributed by atoms with Crippen molar-refractivity contribution >= 4 is 11.8 Å². The molecule has 6 heteroatoms. The normalized spacial score (nSPS) is 17.2. The van der Waals surface area contributed by atoms with Crippen molar-refractivity contribution < 1.29 is 9.26 Å². The molecule has 0 spiro atoms. The summed E-state index contributed by atoms with van der Waals surface area (Å²) in [5, 5.41) is 5.07. The van der Waals surface area contributed by atoms with Crippen molar-refractivity contribution in [2.75, 3.05) is 6.61 Å². The second-order valence-corrected chi connectivity index (χ2v) is 7.20. The van der Waals surface area contributed by atoms with E-state index in [1.54, 1.807) is 11.8 Å². The molecule has 3 heterocycles. The van der Waals surface area contributed by atoms with Gasteiger partial charge in [0.1, 0.15) is 5.76 Å². The van der Waals surface area contributed by atoms with Crippen molar-refractivity contribution in [1.29, 1.82) is 0 Å². The quantitative estimate of drug-likeness (QED) is 0.617. The number of thioether (sulfide) groups is 1. The van der Waals surface area contributed by atoms with E-state index in [4.69, 9.17) is 9.26 Å². The summed E-state index contributed by atoms with van der Waals surface area (Å²) in [4.78, 5) is 4.67. The van der Waals surface area contributed by atoms with Crippen LogP contribution in [0.4, 0.5) is 0 Å². The van der Waals surface area contributed by atoms with Crippen molar-refractivity contribution in [2.24, 2.45) is 0 Å². The minimum absolute atomic E-state index is 0.269. The van der Waals surface area contributed by atoms with Gasteiger partial charge in [-0.2, -0.15) is 0 Å². The Morgan fingerprint density at radius 3 is 2.88 bits per heavy atom. The summed E-state index contributed by atoms with van der Waals surface area (Å²) in [5.41, 5.74) is 3.25. The topological polar surface area (TPSA) is 53.1 Å². The fourth-order valence-corrected chi connectivity index (χ4v) is 3.98. The smallest absolute Gasteiger partial charge is 0.168 e. The van der Waals surface area contributed by atoms with E-state index in [1.165, 1.54) is 5.56 Å². The molecule has 0 N–H and O–H groups in total. The maximum atomic E-state index is 5.85. The molecule has 0 radical (unpaired) electrons. The van der Waals surface area contributed by atoms with Crippen LogP contribution in [0, 0.1) is 6.92 Å². The van der Waals surface area contributed by atoms with E-state index in [0.717, 1.165) is 54.1 Å². The molecule has 1 saturated heterocycles. The van der Waals surface area contributed by atoms with E-state index in [2.05, 4.69) is 39.0 Å². The highest BCUT2D eigenvalue weighted by atomic mass is 32.2. The van der Waals surface area contributed by atoms with E-state index >= 15 is 0 Å². The molecule has 1 atom stereocenters. The average molecular weight is 355 g/mol. The lowest BCUT2D eigenvalue weighted by molar-refractivity contribution is 0.0954. The van der Waals surface area contributed by atoms with Crippen LogP contribution in [-0.4, -0.2) is 27.4 Å². The predicted octanol–water partition coefficient (Wildman–Crippen LogP) is 4.32. The summed E-state index contributed by atoms with van der Waals surface area (Å²) in [5.74, 6) is 1.58. The molecule has 4 rings (SSSR count). The highest BCUT2D eigenvalue weighted by Crippen LogP contribution is 2.29. The number of ether oxygens (including phenoxy) is 1. The number of imidazole rings is 1. The largest absolute Gasteiger partial charge is 0.376 e. The molecular formula is C19H21N3O2S. The molecule has 0 bridgehead atoms. The van der Waals surface area contributed by atoms with Gasteiger partial charge in [0.2, 0.25) is 0 Å². The third-order valence-corrected chi connectivity index (χ3v) is 5.35. The molecule has 1 aromatic carbocycles. The molecule has 2 aromatic heterocycles. The molecule has 1 fully saturated rings. The Balaban J connectivity index is 1.59. The van der Waals surface area contributed by atoms with E-state index < -0.39 is 0 Å². The maximum Gasteiger partial charge on any atom is 0.168 e. The summed E-state index contributed by atoms with van der Waals surface area (Å²) in [6, 6.07) is 12.4. The van der Waals surface area contributed by atoms with E-state index in [9.17, 15) is 0 Å². The first-order chi connectivity index (χ1) is 12.3. The first kappa shape index (κ1) is 16.4. The molecule has 0 aliphatic carbocycles. The summed E-state index contributed by atoms with van der Waals surface area (Å²) >= 11 is 1.69. The summed E-state index contributed by atoms with van der Waals surface area (Å²) in [6.45, 7) is 3.61. The van der Waals surface area contributed by atoms with Gasteiger partial charge >= 0.3 is 0 Å². The Labute approximate surface area is 151 Å². The van der Waals surface area contributed by atoms with Crippen LogP contribution < -0.4 is 0 Å². The van der Waals surface area contributed by atoms with Gasteiger partial charge in [-0.1, -0.05) is 47.3 Å². The van der Waals surface area contributed by atoms with Gasteiger partial charge in [-0.25, -0.2) is 4.98 Å². The molecule has 5 nitrogen and oxygen atoms in total. The van der Waals surface area contributed by atoms with Crippen molar-refractivity contribution in [2.45, 2.75) is 43.3 Å².